The first-order valence-corrected chi connectivity index (χ1v) is 10.0. The smallest absolute Gasteiger partial charge is 0.338 e. The van der Waals surface area contributed by atoms with Gasteiger partial charge in [-0.1, -0.05) is 18.2 Å². The summed E-state index contributed by atoms with van der Waals surface area (Å²) in [6.07, 6.45) is 0. The van der Waals surface area contributed by atoms with Crippen LogP contribution in [0.5, 0.6) is 5.75 Å². The number of para-hydroxylation sites is 1. The number of nitrogens with zero attached hydrogens (tertiary/aromatic N) is 2. The summed E-state index contributed by atoms with van der Waals surface area (Å²) < 4.78 is 10.8. The number of hydrogen-bond acceptors (Lipinski definition) is 6. The minimum atomic E-state index is -0.692. The van der Waals surface area contributed by atoms with E-state index in [2.05, 4.69) is 15.5 Å². The number of hydrogen-bond donors (Lipinski definition) is 2. The number of benzene rings is 1. The average Bonchev–Trinajstić information content (AvgIpc) is 2.74. The van der Waals surface area contributed by atoms with Crippen molar-refractivity contribution in [1.29, 1.82) is 0 Å². The number of amides is 3. The van der Waals surface area contributed by atoms with Gasteiger partial charge in [-0.2, -0.15) is 0 Å². The van der Waals surface area contributed by atoms with E-state index in [4.69, 9.17) is 9.47 Å². The summed E-state index contributed by atoms with van der Waals surface area (Å²) in [6, 6.07) is 6.23. The number of carbonyl (C=O) groups excluding carboxylic acids is 3. The minimum Gasteiger partial charge on any atom is -0.494 e. The predicted octanol–water partition coefficient (Wildman–Crippen LogP) is 1.03. The van der Waals surface area contributed by atoms with E-state index in [9.17, 15) is 14.4 Å². The highest BCUT2D eigenvalue weighted by molar-refractivity contribution is 5.95. The summed E-state index contributed by atoms with van der Waals surface area (Å²) in [7, 11) is 1.32. The fourth-order valence-electron chi connectivity index (χ4n) is 3.78. The van der Waals surface area contributed by atoms with E-state index in [1.807, 2.05) is 31.2 Å². The Bertz CT molecular complexity index is 846. The molecule has 2 heterocycles. The van der Waals surface area contributed by atoms with Gasteiger partial charge >= 0.3 is 12.0 Å². The maximum atomic E-state index is 12.7. The van der Waals surface area contributed by atoms with Gasteiger partial charge in [-0.3, -0.25) is 9.69 Å². The van der Waals surface area contributed by atoms with Crippen molar-refractivity contribution in [1.82, 2.24) is 20.4 Å². The summed E-state index contributed by atoms with van der Waals surface area (Å²) in [5, 5.41) is 5.61. The summed E-state index contributed by atoms with van der Waals surface area (Å²) in [6.45, 7) is 6.79. The van der Waals surface area contributed by atoms with E-state index < -0.39 is 18.0 Å². The lowest BCUT2D eigenvalue weighted by Crippen LogP contribution is -2.52. The summed E-state index contributed by atoms with van der Waals surface area (Å²) in [5.74, 6) is 0.131. The fraction of sp³-hybridized carbons (Fsp3) is 0.476. The van der Waals surface area contributed by atoms with Gasteiger partial charge in [0, 0.05) is 50.9 Å². The van der Waals surface area contributed by atoms with Crippen LogP contribution in [0.1, 0.15) is 25.5 Å². The molecule has 1 aromatic carbocycles. The third kappa shape index (κ3) is 4.73. The first-order chi connectivity index (χ1) is 14.4. The van der Waals surface area contributed by atoms with Crippen LogP contribution in [0.2, 0.25) is 0 Å². The van der Waals surface area contributed by atoms with Crippen molar-refractivity contribution in [2.75, 3.05) is 46.4 Å². The molecule has 2 N–H and O–H groups in total. The Morgan fingerprint density at radius 1 is 1.17 bits per heavy atom. The molecule has 0 bridgehead atoms. The normalized spacial score (nSPS) is 19.8. The van der Waals surface area contributed by atoms with Gasteiger partial charge in [0.15, 0.2) is 0 Å². The van der Waals surface area contributed by atoms with E-state index in [0.717, 1.165) is 0 Å². The van der Waals surface area contributed by atoms with Crippen molar-refractivity contribution in [2.24, 2.45) is 0 Å². The minimum absolute atomic E-state index is 0.0480. The van der Waals surface area contributed by atoms with Crippen LogP contribution in [0, 0.1) is 0 Å². The Morgan fingerprint density at radius 3 is 2.50 bits per heavy atom. The van der Waals surface area contributed by atoms with E-state index >= 15 is 0 Å². The van der Waals surface area contributed by atoms with Crippen LogP contribution >= 0.6 is 0 Å². The third-order valence-corrected chi connectivity index (χ3v) is 5.29. The molecule has 2 aliphatic rings. The maximum Gasteiger partial charge on any atom is 0.338 e. The van der Waals surface area contributed by atoms with Crippen LogP contribution in [-0.4, -0.2) is 74.1 Å². The molecule has 3 amide bonds. The van der Waals surface area contributed by atoms with Gasteiger partial charge in [0.2, 0.25) is 5.91 Å². The largest absolute Gasteiger partial charge is 0.494 e. The molecular weight excluding hydrogens is 388 g/mol. The molecule has 9 heteroatoms. The fourth-order valence-corrected chi connectivity index (χ4v) is 3.78. The molecular formula is C21H28N4O5. The maximum absolute atomic E-state index is 12.7. The Balaban J connectivity index is 1.93. The van der Waals surface area contributed by atoms with Crippen LogP contribution in [0.25, 0.3) is 0 Å². The van der Waals surface area contributed by atoms with E-state index in [1.165, 1.54) is 7.11 Å². The molecule has 0 saturated carbocycles. The summed E-state index contributed by atoms with van der Waals surface area (Å²) in [5.41, 5.74) is 1.53. The zero-order valence-electron chi connectivity index (χ0n) is 17.6. The van der Waals surface area contributed by atoms with Crippen LogP contribution in [-0.2, 0) is 14.3 Å². The second kappa shape index (κ2) is 9.62. The summed E-state index contributed by atoms with van der Waals surface area (Å²) in [4.78, 5) is 40.6. The highest BCUT2D eigenvalue weighted by Gasteiger charge is 2.35. The molecule has 1 atom stereocenters. The molecule has 0 spiro atoms. The lowest BCUT2D eigenvalue weighted by atomic mass is 9.94. The second-order valence-corrected chi connectivity index (χ2v) is 7.17. The van der Waals surface area contributed by atoms with Gasteiger partial charge < -0.3 is 25.0 Å². The average molecular weight is 416 g/mol. The lowest BCUT2D eigenvalue weighted by molar-refractivity contribution is -0.136. The number of urea groups is 1. The molecule has 30 heavy (non-hydrogen) atoms. The van der Waals surface area contributed by atoms with Gasteiger partial charge in [0.1, 0.15) is 5.75 Å². The Labute approximate surface area is 176 Å². The van der Waals surface area contributed by atoms with Crippen molar-refractivity contribution in [3.63, 3.8) is 0 Å². The quantitative estimate of drug-likeness (QED) is 0.672. The standard InChI is InChI=1S/C21H28N4O5/c1-4-30-17-8-6-5-7-15(17)19-18(20(27)29-3)16(22-21(28)23-19)13-24-9-11-25(12-10-24)14(2)26/h5-8,19H,4,9-13H2,1-3H3,(H2,22,23,28)/t19-/m1/s1. The van der Waals surface area contributed by atoms with E-state index in [1.54, 1.807) is 11.8 Å². The Hall–Kier alpha value is -3.07. The third-order valence-electron chi connectivity index (χ3n) is 5.29. The van der Waals surface area contributed by atoms with Crippen molar-refractivity contribution in [3.05, 3.63) is 41.1 Å². The van der Waals surface area contributed by atoms with Crippen LogP contribution < -0.4 is 15.4 Å². The van der Waals surface area contributed by atoms with Gasteiger partial charge in [0.05, 0.1) is 25.3 Å². The van der Waals surface area contributed by atoms with Crippen molar-refractivity contribution < 1.29 is 23.9 Å². The highest BCUT2D eigenvalue weighted by atomic mass is 16.5. The molecule has 1 saturated heterocycles. The van der Waals surface area contributed by atoms with Crippen LogP contribution in [0.3, 0.4) is 0 Å². The molecule has 3 rings (SSSR count). The first-order valence-electron chi connectivity index (χ1n) is 10.0. The molecule has 2 aliphatic heterocycles. The zero-order chi connectivity index (χ0) is 21.7. The number of piperazine rings is 1. The van der Waals surface area contributed by atoms with Crippen molar-refractivity contribution >= 4 is 17.9 Å². The Morgan fingerprint density at radius 2 is 1.87 bits per heavy atom. The SMILES string of the molecule is CCOc1ccccc1[C@H]1NC(=O)NC(CN2CCN(C(C)=O)CC2)=C1C(=O)OC. The number of rotatable bonds is 6. The Kier molecular flexibility index (Phi) is 6.94. The highest BCUT2D eigenvalue weighted by Crippen LogP contribution is 2.33. The van der Waals surface area contributed by atoms with Gasteiger partial charge in [0.25, 0.3) is 0 Å². The zero-order valence-corrected chi connectivity index (χ0v) is 17.6. The number of carbonyl (C=O) groups is 3. The molecule has 0 aromatic heterocycles. The van der Waals surface area contributed by atoms with Crippen LogP contribution in [0.4, 0.5) is 4.79 Å². The van der Waals surface area contributed by atoms with E-state index in [-0.39, 0.29) is 5.91 Å². The molecule has 0 aliphatic carbocycles. The lowest BCUT2D eigenvalue weighted by Gasteiger charge is -2.36. The second-order valence-electron chi connectivity index (χ2n) is 7.17. The number of esters is 1. The predicted molar refractivity (Wildman–Crippen MR) is 110 cm³/mol. The van der Waals surface area contributed by atoms with Gasteiger partial charge in [-0.05, 0) is 13.0 Å². The molecule has 9 nitrogen and oxygen atoms in total. The summed E-state index contributed by atoms with van der Waals surface area (Å²) >= 11 is 0. The molecule has 0 radical (unpaired) electrons. The van der Waals surface area contributed by atoms with Crippen molar-refractivity contribution in [3.8, 4) is 5.75 Å². The number of methoxy groups -OCH3 is 1. The molecule has 1 aromatic rings. The molecule has 1 fully saturated rings. The number of nitrogens with one attached hydrogen (secondary N) is 2. The topological polar surface area (TPSA) is 100 Å². The van der Waals surface area contributed by atoms with Crippen molar-refractivity contribution in [2.45, 2.75) is 19.9 Å². The first kappa shape index (κ1) is 21.6. The molecule has 0 unspecified atom stereocenters. The van der Waals surface area contributed by atoms with Gasteiger partial charge in [-0.25, -0.2) is 9.59 Å². The monoisotopic (exact) mass is 416 g/mol. The number of ether oxygens (including phenoxy) is 2. The molecule has 162 valence electrons. The van der Waals surface area contributed by atoms with Gasteiger partial charge in [-0.15, -0.1) is 0 Å². The van der Waals surface area contributed by atoms with Crippen LogP contribution in [0.15, 0.2) is 35.5 Å². The van der Waals surface area contributed by atoms with E-state index in [0.29, 0.717) is 61.9 Å².